The fourth-order valence-electron chi connectivity index (χ4n) is 3.58. The van der Waals surface area contributed by atoms with E-state index in [-0.39, 0.29) is 16.9 Å². The number of anilines is 1. The van der Waals surface area contributed by atoms with Gasteiger partial charge in [-0.3, -0.25) is 4.79 Å². The minimum absolute atomic E-state index is 0.118. The summed E-state index contributed by atoms with van der Waals surface area (Å²) >= 11 is 0. The number of hydrogen-bond acceptors (Lipinski definition) is 2. The van der Waals surface area contributed by atoms with Crippen molar-refractivity contribution in [1.82, 2.24) is 0 Å². The molecule has 1 heterocycles. The van der Waals surface area contributed by atoms with Gasteiger partial charge in [-0.2, -0.15) is 0 Å². The lowest BCUT2D eigenvalue weighted by Crippen LogP contribution is -2.31. The third-order valence-corrected chi connectivity index (χ3v) is 4.90. The van der Waals surface area contributed by atoms with Gasteiger partial charge in [0.1, 0.15) is 0 Å². The van der Waals surface area contributed by atoms with Crippen LogP contribution in [-0.4, -0.2) is 23.5 Å². The second-order valence-electron chi connectivity index (χ2n) is 6.58. The van der Waals surface area contributed by atoms with E-state index in [0.29, 0.717) is 12.1 Å². The molecule has 4 heteroatoms. The summed E-state index contributed by atoms with van der Waals surface area (Å²) in [4.78, 5) is 26.0. The monoisotopic (exact) mass is 307 g/mol. The zero-order valence-corrected chi connectivity index (χ0v) is 12.9. The molecule has 1 aliphatic carbocycles. The predicted octanol–water partition coefficient (Wildman–Crippen LogP) is 3.39. The Bertz CT molecular complexity index is 836. The van der Waals surface area contributed by atoms with Gasteiger partial charge in [0.05, 0.1) is 5.56 Å². The van der Waals surface area contributed by atoms with Crippen LogP contribution in [0.3, 0.4) is 0 Å². The molecule has 1 amide bonds. The second-order valence-corrected chi connectivity index (χ2v) is 6.58. The molecule has 0 radical (unpaired) electrons. The number of aromatic carboxylic acids is 1. The number of fused-ring (bicyclic) bond motifs is 2. The maximum atomic E-state index is 13.0. The average Bonchev–Trinajstić information content (AvgIpc) is 3.24. The lowest BCUT2D eigenvalue weighted by molar-refractivity contribution is 0.0696. The van der Waals surface area contributed by atoms with Gasteiger partial charge >= 0.3 is 5.97 Å². The highest BCUT2D eigenvalue weighted by Crippen LogP contribution is 2.56. The van der Waals surface area contributed by atoms with Crippen molar-refractivity contribution in [3.05, 3.63) is 64.7 Å². The van der Waals surface area contributed by atoms with Gasteiger partial charge in [-0.25, -0.2) is 4.79 Å². The highest BCUT2D eigenvalue weighted by atomic mass is 16.4. The van der Waals surface area contributed by atoms with E-state index in [0.717, 1.165) is 24.1 Å². The van der Waals surface area contributed by atoms with Gasteiger partial charge in [0.15, 0.2) is 0 Å². The van der Waals surface area contributed by atoms with Gasteiger partial charge in [-0.1, -0.05) is 18.2 Å². The fourth-order valence-corrected chi connectivity index (χ4v) is 3.58. The first kappa shape index (κ1) is 14.0. The van der Waals surface area contributed by atoms with Gasteiger partial charge in [0.2, 0.25) is 0 Å². The zero-order chi connectivity index (χ0) is 16.2. The first-order valence-corrected chi connectivity index (χ1v) is 7.77. The van der Waals surface area contributed by atoms with E-state index >= 15 is 0 Å². The van der Waals surface area contributed by atoms with E-state index in [1.807, 2.05) is 30.0 Å². The Morgan fingerprint density at radius 1 is 1.09 bits per heavy atom. The summed E-state index contributed by atoms with van der Waals surface area (Å²) < 4.78 is 0. The van der Waals surface area contributed by atoms with Crippen molar-refractivity contribution >= 4 is 17.6 Å². The molecule has 2 aromatic carbocycles. The fraction of sp³-hybridized carbons (Fsp3) is 0.263. The molecule has 23 heavy (non-hydrogen) atoms. The summed E-state index contributed by atoms with van der Waals surface area (Å²) in [5.41, 5.74) is 3.72. The van der Waals surface area contributed by atoms with E-state index < -0.39 is 5.97 Å². The summed E-state index contributed by atoms with van der Waals surface area (Å²) in [6.45, 7) is 2.51. The predicted molar refractivity (Wildman–Crippen MR) is 87.2 cm³/mol. The third-order valence-electron chi connectivity index (χ3n) is 4.90. The topological polar surface area (TPSA) is 57.6 Å². The molecule has 1 aliphatic heterocycles. The molecular formula is C19H17NO3. The molecule has 116 valence electrons. The van der Waals surface area contributed by atoms with Gasteiger partial charge in [0.25, 0.3) is 5.91 Å². The number of carbonyl (C=O) groups excluding carboxylic acids is 1. The van der Waals surface area contributed by atoms with Crippen LogP contribution in [0.5, 0.6) is 0 Å². The van der Waals surface area contributed by atoms with Crippen LogP contribution in [0.15, 0.2) is 42.5 Å². The molecule has 0 aromatic heterocycles. The molecule has 0 bridgehead atoms. The summed E-state index contributed by atoms with van der Waals surface area (Å²) in [7, 11) is 0. The second kappa shape index (κ2) is 4.69. The Morgan fingerprint density at radius 3 is 2.48 bits per heavy atom. The van der Waals surface area contributed by atoms with Crippen LogP contribution in [0, 0.1) is 6.92 Å². The number of nitrogens with zero attached hydrogens (tertiary/aromatic N) is 1. The molecule has 1 fully saturated rings. The largest absolute Gasteiger partial charge is 0.478 e. The number of carboxylic acid groups (broad SMARTS) is 1. The third kappa shape index (κ3) is 2.13. The molecular weight excluding hydrogens is 290 g/mol. The summed E-state index contributed by atoms with van der Waals surface area (Å²) in [6, 6.07) is 12.9. The van der Waals surface area contributed by atoms with Crippen LogP contribution in [0.1, 0.15) is 44.7 Å². The number of aryl methyl sites for hydroxylation is 1. The van der Waals surface area contributed by atoms with E-state index in [1.165, 1.54) is 11.6 Å². The Labute approximate surface area is 134 Å². The van der Waals surface area contributed by atoms with E-state index in [9.17, 15) is 14.7 Å². The van der Waals surface area contributed by atoms with Crippen LogP contribution in [0.4, 0.5) is 5.69 Å². The van der Waals surface area contributed by atoms with Gasteiger partial charge < -0.3 is 10.0 Å². The van der Waals surface area contributed by atoms with Gasteiger partial charge in [-0.15, -0.1) is 0 Å². The normalized spacial score (nSPS) is 17.2. The maximum Gasteiger partial charge on any atom is 0.335 e. The van der Waals surface area contributed by atoms with Crippen molar-refractivity contribution < 1.29 is 14.7 Å². The molecule has 0 atom stereocenters. The minimum Gasteiger partial charge on any atom is -0.478 e. The molecule has 4 nitrogen and oxygen atoms in total. The van der Waals surface area contributed by atoms with Crippen molar-refractivity contribution in [2.24, 2.45) is 0 Å². The van der Waals surface area contributed by atoms with E-state index in [4.69, 9.17) is 0 Å². The minimum atomic E-state index is -1.01. The van der Waals surface area contributed by atoms with E-state index in [1.54, 1.807) is 12.1 Å². The SMILES string of the molecule is Cc1cc(C(=O)O)cc(C(=O)N2CC3(CC3)c3ccccc32)c1. The lowest BCUT2D eigenvalue weighted by Gasteiger charge is -2.18. The molecule has 4 rings (SSSR count). The van der Waals surface area contributed by atoms with Crippen LogP contribution in [0.2, 0.25) is 0 Å². The number of hydrogen-bond donors (Lipinski definition) is 1. The number of rotatable bonds is 2. The smallest absolute Gasteiger partial charge is 0.335 e. The Hall–Kier alpha value is -2.62. The van der Waals surface area contributed by atoms with Crippen molar-refractivity contribution in [2.75, 3.05) is 11.4 Å². The van der Waals surface area contributed by atoms with Crippen LogP contribution >= 0.6 is 0 Å². The zero-order valence-electron chi connectivity index (χ0n) is 12.9. The molecule has 1 N–H and O–H groups in total. The highest BCUT2D eigenvalue weighted by Gasteiger charge is 2.52. The number of carbonyl (C=O) groups is 2. The molecule has 0 saturated heterocycles. The average molecular weight is 307 g/mol. The van der Waals surface area contributed by atoms with E-state index in [2.05, 4.69) is 6.07 Å². The van der Waals surface area contributed by atoms with Crippen molar-refractivity contribution in [3.63, 3.8) is 0 Å². The number of amides is 1. The molecule has 1 saturated carbocycles. The summed E-state index contributed by atoms with van der Waals surface area (Å²) in [6.07, 6.45) is 2.23. The lowest BCUT2D eigenvalue weighted by atomic mass is 9.99. The molecule has 1 spiro atoms. The molecule has 2 aliphatic rings. The molecule has 2 aromatic rings. The van der Waals surface area contributed by atoms with Crippen molar-refractivity contribution in [1.29, 1.82) is 0 Å². The summed E-state index contributed by atoms with van der Waals surface area (Å²) in [5, 5.41) is 9.21. The van der Waals surface area contributed by atoms with Crippen molar-refractivity contribution in [2.45, 2.75) is 25.2 Å². The first-order chi connectivity index (χ1) is 11.0. The molecule has 0 unspecified atom stereocenters. The van der Waals surface area contributed by atoms with Crippen LogP contribution < -0.4 is 4.90 Å². The van der Waals surface area contributed by atoms with Gasteiger partial charge in [0, 0.05) is 23.2 Å². The first-order valence-electron chi connectivity index (χ1n) is 7.77. The number of carboxylic acids is 1. The quantitative estimate of drug-likeness (QED) is 0.925. The number of para-hydroxylation sites is 1. The maximum absolute atomic E-state index is 13.0. The van der Waals surface area contributed by atoms with Crippen molar-refractivity contribution in [3.8, 4) is 0 Å². The Balaban J connectivity index is 1.75. The highest BCUT2D eigenvalue weighted by molar-refractivity contribution is 6.09. The van der Waals surface area contributed by atoms with Gasteiger partial charge in [-0.05, 0) is 55.2 Å². The Morgan fingerprint density at radius 2 is 1.78 bits per heavy atom. The van der Waals surface area contributed by atoms with Crippen LogP contribution in [-0.2, 0) is 5.41 Å². The van der Waals surface area contributed by atoms with Crippen LogP contribution in [0.25, 0.3) is 0 Å². The Kier molecular flexibility index (Phi) is 2.85. The number of benzene rings is 2. The summed E-state index contributed by atoms with van der Waals surface area (Å²) in [5.74, 6) is -1.13. The standard InChI is InChI=1S/C19H17NO3/c1-12-8-13(10-14(9-12)18(22)23)17(21)20-11-19(6-7-19)15-4-2-3-5-16(15)20/h2-5,8-10H,6-7,11H2,1H3,(H,22,23).